The molecule has 2 aromatic rings. The lowest BCUT2D eigenvalue weighted by atomic mass is 9.97. The highest BCUT2D eigenvalue weighted by atomic mass is 32.2. The molecule has 1 heterocycles. The summed E-state index contributed by atoms with van der Waals surface area (Å²) in [5.41, 5.74) is 3.70. The Bertz CT molecular complexity index is 723. The van der Waals surface area contributed by atoms with Crippen molar-refractivity contribution < 1.29 is 4.79 Å². The number of hydrogen-bond donors (Lipinski definition) is 1. The Kier molecular flexibility index (Phi) is 5.24. The van der Waals surface area contributed by atoms with E-state index < -0.39 is 0 Å². The molecule has 6 heteroatoms. The lowest BCUT2D eigenvalue weighted by Crippen LogP contribution is -2.17. The van der Waals surface area contributed by atoms with Crippen molar-refractivity contribution >= 4 is 17.5 Å². The summed E-state index contributed by atoms with van der Waals surface area (Å²) < 4.78 is 1.58. The van der Waals surface area contributed by atoms with E-state index >= 15 is 0 Å². The van der Waals surface area contributed by atoms with Crippen LogP contribution in [0.3, 0.4) is 0 Å². The van der Waals surface area contributed by atoms with Crippen molar-refractivity contribution in [3.05, 3.63) is 44.9 Å². The van der Waals surface area contributed by atoms with E-state index in [1.807, 2.05) is 39.8 Å². The monoisotopic (exact) mass is 319 g/mol. The molecule has 0 aliphatic rings. The van der Waals surface area contributed by atoms with Crippen LogP contribution in [-0.4, -0.2) is 26.3 Å². The molecule has 22 heavy (non-hydrogen) atoms. The van der Waals surface area contributed by atoms with Gasteiger partial charge in [0, 0.05) is 12.1 Å². The molecule has 0 spiro atoms. The first-order valence-corrected chi connectivity index (χ1v) is 8.31. The predicted octanol–water partition coefficient (Wildman–Crippen LogP) is 2.88. The van der Waals surface area contributed by atoms with E-state index in [1.165, 1.54) is 11.8 Å². The zero-order valence-corrected chi connectivity index (χ0v) is 14.2. The number of aromatic amines is 1. The van der Waals surface area contributed by atoms with E-state index in [-0.39, 0.29) is 17.2 Å². The van der Waals surface area contributed by atoms with Crippen molar-refractivity contribution in [1.29, 1.82) is 0 Å². The normalized spacial score (nSPS) is 10.9. The second kappa shape index (κ2) is 6.96. The maximum atomic E-state index is 12.5. The fourth-order valence-electron chi connectivity index (χ4n) is 2.66. The molecule has 0 aliphatic carbocycles. The van der Waals surface area contributed by atoms with Gasteiger partial charge in [-0.05, 0) is 38.3 Å². The van der Waals surface area contributed by atoms with Crippen LogP contribution >= 0.6 is 11.8 Å². The molecule has 0 radical (unpaired) electrons. The fourth-order valence-corrected chi connectivity index (χ4v) is 3.50. The molecular weight excluding hydrogens is 298 g/mol. The van der Waals surface area contributed by atoms with Gasteiger partial charge in [-0.3, -0.25) is 9.36 Å². The van der Waals surface area contributed by atoms with Crippen molar-refractivity contribution in [3.8, 4) is 0 Å². The molecule has 0 fully saturated rings. The molecule has 0 amide bonds. The summed E-state index contributed by atoms with van der Waals surface area (Å²) in [7, 11) is 0. The molecular formula is C16H21N3O2S. The second-order valence-electron chi connectivity index (χ2n) is 5.45. The van der Waals surface area contributed by atoms with Crippen LogP contribution in [0.2, 0.25) is 0 Å². The number of Topliss-reactive ketones (excluding diaryl/α,β-unsaturated/α-hetero) is 1. The Balaban J connectivity index is 2.16. The molecule has 0 unspecified atom stereocenters. The number of thioether (sulfide) groups is 1. The largest absolute Gasteiger partial charge is 0.343 e. The van der Waals surface area contributed by atoms with E-state index in [2.05, 4.69) is 10.2 Å². The number of nitrogens with zero attached hydrogens (tertiary/aromatic N) is 2. The molecule has 0 saturated carbocycles. The Morgan fingerprint density at radius 3 is 2.50 bits per heavy atom. The maximum absolute atomic E-state index is 12.5. The maximum Gasteiger partial charge on any atom is 0.343 e. The first-order valence-electron chi connectivity index (χ1n) is 7.33. The molecule has 2 rings (SSSR count). The zero-order valence-electron chi connectivity index (χ0n) is 13.4. The van der Waals surface area contributed by atoms with Crippen LogP contribution in [0, 0.1) is 20.8 Å². The van der Waals surface area contributed by atoms with Gasteiger partial charge in [0.25, 0.3) is 0 Å². The molecule has 0 bridgehead atoms. The molecule has 0 saturated heterocycles. The average molecular weight is 319 g/mol. The minimum absolute atomic E-state index is 0.0681. The van der Waals surface area contributed by atoms with Crippen LogP contribution in [-0.2, 0) is 6.54 Å². The average Bonchev–Trinajstić information content (AvgIpc) is 2.77. The lowest BCUT2D eigenvalue weighted by Gasteiger charge is -2.10. The smallest absolute Gasteiger partial charge is 0.293 e. The van der Waals surface area contributed by atoms with Crippen molar-refractivity contribution in [2.24, 2.45) is 0 Å². The molecule has 118 valence electrons. The van der Waals surface area contributed by atoms with Crippen molar-refractivity contribution in [1.82, 2.24) is 14.8 Å². The Hall–Kier alpha value is -1.82. The minimum atomic E-state index is -0.223. The lowest BCUT2D eigenvalue weighted by molar-refractivity contribution is 0.102. The second-order valence-corrected chi connectivity index (χ2v) is 6.39. The number of ketones is 1. The number of carbonyl (C=O) groups is 1. The van der Waals surface area contributed by atoms with Crippen LogP contribution in [0.15, 0.2) is 22.1 Å². The van der Waals surface area contributed by atoms with Gasteiger partial charge < -0.3 is 0 Å². The molecule has 0 atom stereocenters. The number of H-pyrrole nitrogens is 1. The SMILES string of the molecule is CCCn1c(SCC(=O)c2c(C)cc(C)cc2C)n[nH]c1=O. The summed E-state index contributed by atoms with van der Waals surface area (Å²) in [5.74, 6) is 0.345. The fraction of sp³-hybridized carbons (Fsp3) is 0.438. The predicted molar refractivity (Wildman–Crippen MR) is 88.8 cm³/mol. The van der Waals surface area contributed by atoms with Gasteiger partial charge in [-0.25, -0.2) is 9.89 Å². The van der Waals surface area contributed by atoms with Gasteiger partial charge in [-0.2, -0.15) is 0 Å². The number of hydrogen-bond acceptors (Lipinski definition) is 4. The van der Waals surface area contributed by atoms with Gasteiger partial charge in [0.1, 0.15) is 0 Å². The third kappa shape index (κ3) is 3.50. The topological polar surface area (TPSA) is 67.8 Å². The quantitative estimate of drug-likeness (QED) is 0.656. The molecule has 1 N–H and O–H groups in total. The van der Waals surface area contributed by atoms with E-state index in [0.29, 0.717) is 11.7 Å². The van der Waals surface area contributed by atoms with Crippen molar-refractivity contribution in [2.75, 3.05) is 5.75 Å². The number of aryl methyl sites for hydroxylation is 3. The van der Waals surface area contributed by atoms with Gasteiger partial charge in [0.05, 0.1) is 5.75 Å². The van der Waals surface area contributed by atoms with Gasteiger partial charge in [0.15, 0.2) is 10.9 Å². The number of carbonyl (C=O) groups excluding carboxylic acids is 1. The van der Waals surface area contributed by atoms with E-state index in [0.717, 1.165) is 28.7 Å². The third-order valence-electron chi connectivity index (χ3n) is 3.46. The summed E-state index contributed by atoms with van der Waals surface area (Å²) in [4.78, 5) is 24.1. The Morgan fingerprint density at radius 1 is 1.27 bits per heavy atom. The van der Waals surface area contributed by atoms with E-state index in [1.54, 1.807) is 4.57 Å². The highest BCUT2D eigenvalue weighted by molar-refractivity contribution is 7.99. The van der Waals surface area contributed by atoms with Gasteiger partial charge in [0.2, 0.25) is 0 Å². The third-order valence-corrected chi connectivity index (χ3v) is 4.44. The molecule has 0 aliphatic heterocycles. The van der Waals surface area contributed by atoms with Crippen molar-refractivity contribution in [3.63, 3.8) is 0 Å². The Morgan fingerprint density at radius 2 is 1.91 bits per heavy atom. The number of benzene rings is 1. The van der Waals surface area contributed by atoms with Crippen molar-refractivity contribution in [2.45, 2.75) is 45.8 Å². The zero-order chi connectivity index (χ0) is 16.3. The van der Waals surface area contributed by atoms with Crippen LogP contribution in [0.4, 0.5) is 0 Å². The number of rotatable bonds is 6. The van der Waals surface area contributed by atoms with Gasteiger partial charge in [-0.15, -0.1) is 5.10 Å². The highest BCUT2D eigenvalue weighted by Crippen LogP contribution is 2.21. The van der Waals surface area contributed by atoms with E-state index in [4.69, 9.17) is 0 Å². The first kappa shape index (κ1) is 16.5. The summed E-state index contributed by atoms with van der Waals surface area (Å²) >= 11 is 1.30. The summed E-state index contributed by atoms with van der Waals surface area (Å²) in [6.07, 6.45) is 0.844. The minimum Gasteiger partial charge on any atom is -0.293 e. The van der Waals surface area contributed by atoms with Crippen LogP contribution < -0.4 is 5.69 Å². The standard InChI is InChI=1S/C16H21N3O2S/c1-5-6-19-15(21)17-18-16(19)22-9-13(20)14-11(3)7-10(2)8-12(14)4/h7-8H,5-6,9H2,1-4H3,(H,17,21). The number of aromatic nitrogens is 3. The summed E-state index contributed by atoms with van der Waals surface area (Å²) in [5, 5.41) is 7.01. The van der Waals surface area contributed by atoms with Gasteiger partial charge >= 0.3 is 5.69 Å². The van der Waals surface area contributed by atoms with Crippen LogP contribution in [0.25, 0.3) is 0 Å². The van der Waals surface area contributed by atoms with Gasteiger partial charge in [-0.1, -0.05) is 36.4 Å². The van der Waals surface area contributed by atoms with Crippen LogP contribution in [0.5, 0.6) is 0 Å². The molecule has 1 aromatic heterocycles. The first-order chi connectivity index (χ1) is 10.4. The summed E-state index contributed by atoms with van der Waals surface area (Å²) in [6, 6.07) is 4.04. The van der Waals surface area contributed by atoms with Crippen LogP contribution in [0.1, 0.15) is 40.4 Å². The molecule has 5 nitrogen and oxygen atoms in total. The highest BCUT2D eigenvalue weighted by Gasteiger charge is 2.15. The number of nitrogens with one attached hydrogen (secondary N) is 1. The summed E-state index contributed by atoms with van der Waals surface area (Å²) in [6.45, 7) is 8.54. The van der Waals surface area contributed by atoms with E-state index in [9.17, 15) is 9.59 Å². The Labute approximate surface area is 134 Å². The molecule has 1 aromatic carbocycles.